The molecule has 0 aliphatic carbocycles. The fourth-order valence-corrected chi connectivity index (χ4v) is 7.72. The van der Waals surface area contributed by atoms with E-state index in [1.165, 1.54) is 60.0 Å². The number of hydrogen-bond acceptors (Lipinski definition) is 1. The number of fused-ring (bicyclic) bond motifs is 8. The molecule has 0 N–H and O–H groups in total. The molecule has 0 atom stereocenters. The van der Waals surface area contributed by atoms with Gasteiger partial charge in [-0.25, -0.2) is 0 Å². The van der Waals surface area contributed by atoms with E-state index in [-0.39, 0.29) is 0 Å². The van der Waals surface area contributed by atoms with Crippen LogP contribution in [0.3, 0.4) is 0 Å². The molecule has 2 heterocycles. The van der Waals surface area contributed by atoms with Crippen LogP contribution in [0.1, 0.15) is 0 Å². The van der Waals surface area contributed by atoms with Crippen molar-refractivity contribution in [3.05, 3.63) is 164 Å². The van der Waals surface area contributed by atoms with Gasteiger partial charge in [0.25, 0.3) is 0 Å². The Bertz CT molecular complexity index is 2740. The first-order chi connectivity index (χ1) is 22.9. The Labute approximate surface area is 265 Å². The first kappa shape index (κ1) is 25.2. The number of aromatic nitrogens is 1. The SMILES string of the molecule is c1ccc(-n2c3oc4ccccc4c3c3cccc(-c4c5ccccc5c(-c5cccc6ccccc56)c5ccccc45)c32)cc1. The van der Waals surface area contributed by atoms with Crippen molar-refractivity contribution in [3.8, 4) is 27.9 Å². The van der Waals surface area contributed by atoms with Crippen LogP contribution in [0.2, 0.25) is 0 Å². The second kappa shape index (κ2) is 9.69. The van der Waals surface area contributed by atoms with Crippen LogP contribution in [-0.2, 0) is 0 Å². The summed E-state index contributed by atoms with van der Waals surface area (Å²) in [5.74, 6) is 0. The van der Waals surface area contributed by atoms with Crippen LogP contribution in [-0.4, -0.2) is 4.57 Å². The Kier molecular flexibility index (Phi) is 5.31. The van der Waals surface area contributed by atoms with E-state index in [1.54, 1.807) is 0 Å². The summed E-state index contributed by atoms with van der Waals surface area (Å²) in [6.07, 6.45) is 0. The van der Waals surface area contributed by atoms with Gasteiger partial charge in [-0.1, -0.05) is 146 Å². The zero-order valence-electron chi connectivity index (χ0n) is 24.9. The largest absolute Gasteiger partial charge is 0.439 e. The quantitative estimate of drug-likeness (QED) is 0.189. The maximum Gasteiger partial charge on any atom is 0.213 e. The van der Waals surface area contributed by atoms with Gasteiger partial charge >= 0.3 is 0 Å². The van der Waals surface area contributed by atoms with Gasteiger partial charge in [-0.3, -0.25) is 4.57 Å². The first-order valence-electron chi connectivity index (χ1n) is 15.8. The van der Waals surface area contributed by atoms with Crippen LogP contribution < -0.4 is 0 Å². The summed E-state index contributed by atoms with van der Waals surface area (Å²) in [6.45, 7) is 0. The summed E-state index contributed by atoms with van der Waals surface area (Å²) in [5.41, 5.74) is 8.97. The number of nitrogens with zero attached hydrogens (tertiary/aromatic N) is 1. The fraction of sp³-hybridized carbons (Fsp3) is 0. The first-order valence-corrected chi connectivity index (χ1v) is 15.8. The molecule has 10 rings (SSSR count). The molecule has 0 bridgehead atoms. The number of furan rings is 1. The van der Waals surface area contributed by atoms with Crippen molar-refractivity contribution in [2.24, 2.45) is 0 Å². The van der Waals surface area contributed by atoms with Gasteiger partial charge in [0.1, 0.15) is 5.58 Å². The molecule has 2 aromatic heterocycles. The number of rotatable bonds is 3. The highest BCUT2D eigenvalue weighted by atomic mass is 16.3. The van der Waals surface area contributed by atoms with E-state index in [4.69, 9.17) is 4.42 Å². The van der Waals surface area contributed by atoms with E-state index in [0.29, 0.717) is 0 Å². The van der Waals surface area contributed by atoms with Crippen molar-refractivity contribution in [1.29, 1.82) is 0 Å². The van der Waals surface area contributed by atoms with E-state index >= 15 is 0 Å². The van der Waals surface area contributed by atoms with Crippen molar-refractivity contribution < 1.29 is 4.42 Å². The molecule has 0 aliphatic heterocycles. The second-order valence-corrected chi connectivity index (χ2v) is 12.0. The molecule has 214 valence electrons. The molecule has 10 aromatic rings. The van der Waals surface area contributed by atoms with E-state index in [9.17, 15) is 0 Å². The average Bonchev–Trinajstić information content (AvgIpc) is 3.66. The minimum atomic E-state index is 0.871. The normalized spacial score (nSPS) is 11.9. The second-order valence-electron chi connectivity index (χ2n) is 12.0. The van der Waals surface area contributed by atoms with E-state index < -0.39 is 0 Å². The Morgan fingerprint density at radius 1 is 0.370 bits per heavy atom. The van der Waals surface area contributed by atoms with Crippen molar-refractivity contribution in [2.75, 3.05) is 0 Å². The third kappa shape index (κ3) is 3.47. The van der Waals surface area contributed by atoms with Crippen molar-refractivity contribution >= 4 is 65.3 Å². The zero-order valence-corrected chi connectivity index (χ0v) is 24.9. The predicted octanol–water partition coefficient (Wildman–Crippen LogP) is 12.3. The van der Waals surface area contributed by atoms with Gasteiger partial charge < -0.3 is 4.42 Å². The number of hydrogen-bond donors (Lipinski definition) is 0. The van der Waals surface area contributed by atoms with Gasteiger partial charge in [0.2, 0.25) is 5.71 Å². The lowest BCUT2D eigenvalue weighted by molar-refractivity contribution is 0.645. The summed E-state index contributed by atoms with van der Waals surface area (Å²) in [4.78, 5) is 0. The van der Waals surface area contributed by atoms with Crippen molar-refractivity contribution in [2.45, 2.75) is 0 Å². The monoisotopic (exact) mass is 585 g/mol. The minimum absolute atomic E-state index is 0.871. The van der Waals surface area contributed by atoms with Crippen LogP contribution in [0.5, 0.6) is 0 Å². The predicted molar refractivity (Wildman–Crippen MR) is 194 cm³/mol. The summed E-state index contributed by atoms with van der Waals surface area (Å²) < 4.78 is 8.99. The highest BCUT2D eigenvalue weighted by molar-refractivity contribution is 6.28. The molecule has 0 spiro atoms. The fourth-order valence-electron chi connectivity index (χ4n) is 7.72. The standard InChI is InChI=1S/C44H27NO/c1-2-16-29(17-3-1)45-43-37(25-13-26-38(43)42-36-23-10-11-27-39(36)46-44(42)45)41-34-21-8-6-19-32(34)40(33-20-7-9-22-35(33)41)31-24-12-15-28-14-4-5-18-30(28)31/h1-27H. The molecule has 0 radical (unpaired) electrons. The maximum atomic E-state index is 6.67. The molecule has 46 heavy (non-hydrogen) atoms. The molecule has 0 saturated heterocycles. The van der Waals surface area contributed by atoms with Crippen LogP contribution in [0, 0.1) is 0 Å². The van der Waals surface area contributed by atoms with Crippen molar-refractivity contribution in [1.82, 2.24) is 4.57 Å². The number of para-hydroxylation sites is 3. The van der Waals surface area contributed by atoms with Gasteiger partial charge in [0, 0.05) is 22.0 Å². The minimum Gasteiger partial charge on any atom is -0.439 e. The molecular formula is C44H27NO. The van der Waals surface area contributed by atoms with Crippen LogP contribution in [0.4, 0.5) is 0 Å². The lowest BCUT2D eigenvalue weighted by Gasteiger charge is -2.20. The van der Waals surface area contributed by atoms with Crippen molar-refractivity contribution in [3.63, 3.8) is 0 Å². The Balaban J connectivity index is 1.40. The van der Waals surface area contributed by atoms with E-state index in [0.717, 1.165) is 33.3 Å². The maximum absolute atomic E-state index is 6.67. The summed E-state index contributed by atoms with van der Waals surface area (Å²) in [6, 6.07) is 58.9. The van der Waals surface area contributed by atoms with Gasteiger partial charge in [-0.05, 0) is 67.2 Å². The molecule has 0 saturated carbocycles. The van der Waals surface area contributed by atoms with Gasteiger partial charge in [0.15, 0.2) is 0 Å². The Morgan fingerprint density at radius 3 is 1.59 bits per heavy atom. The third-order valence-electron chi connectivity index (χ3n) is 9.58. The molecule has 8 aromatic carbocycles. The van der Waals surface area contributed by atoms with Gasteiger partial charge in [-0.2, -0.15) is 0 Å². The topological polar surface area (TPSA) is 18.1 Å². The van der Waals surface area contributed by atoms with Gasteiger partial charge in [-0.15, -0.1) is 0 Å². The summed E-state index contributed by atoms with van der Waals surface area (Å²) >= 11 is 0. The highest BCUT2D eigenvalue weighted by Gasteiger charge is 2.24. The smallest absolute Gasteiger partial charge is 0.213 e. The third-order valence-corrected chi connectivity index (χ3v) is 9.58. The number of benzene rings is 8. The van der Waals surface area contributed by atoms with E-state index in [2.05, 4.69) is 162 Å². The van der Waals surface area contributed by atoms with Gasteiger partial charge in [0.05, 0.1) is 10.9 Å². The molecule has 0 amide bonds. The summed E-state index contributed by atoms with van der Waals surface area (Å²) in [5, 5.41) is 10.9. The molecule has 0 aliphatic rings. The van der Waals surface area contributed by atoms with Crippen LogP contribution in [0.15, 0.2) is 168 Å². The zero-order chi connectivity index (χ0) is 30.2. The molecular weight excluding hydrogens is 558 g/mol. The average molecular weight is 586 g/mol. The lowest BCUT2D eigenvalue weighted by atomic mass is 9.84. The molecule has 2 nitrogen and oxygen atoms in total. The highest BCUT2D eigenvalue weighted by Crippen LogP contribution is 2.49. The Hall–Kier alpha value is -6.12. The molecule has 0 fully saturated rings. The van der Waals surface area contributed by atoms with Crippen LogP contribution >= 0.6 is 0 Å². The Morgan fingerprint density at radius 2 is 0.870 bits per heavy atom. The lowest BCUT2D eigenvalue weighted by Crippen LogP contribution is -1.96. The summed E-state index contributed by atoms with van der Waals surface area (Å²) in [7, 11) is 0. The van der Waals surface area contributed by atoms with Crippen LogP contribution in [0.25, 0.3) is 93.2 Å². The molecule has 2 heteroatoms. The van der Waals surface area contributed by atoms with E-state index in [1.807, 2.05) is 6.07 Å². The molecule has 0 unspecified atom stereocenters.